The van der Waals surface area contributed by atoms with Gasteiger partial charge >= 0.3 is 5.97 Å². The second-order valence-corrected chi connectivity index (χ2v) is 5.52. The third-order valence-corrected chi connectivity index (χ3v) is 3.68. The SMILES string of the molecule is COCCN(Cc1ccc(C#N)cc1)Cc1cccc(C(=O)O)c1. The summed E-state index contributed by atoms with van der Waals surface area (Å²) in [4.78, 5) is 13.3. The molecule has 0 bridgehead atoms. The van der Waals surface area contributed by atoms with Crippen LogP contribution in [0, 0.1) is 11.3 Å². The van der Waals surface area contributed by atoms with Crippen LogP contribution in [0.4, 0.5) is 0 Å². The topological polar surface area (TPSA) is 73.6 Å². The van der Waals surface area contributed by atoms with Crippen molar-refractivity contribution in [3.05, 3.63) is 70.8 Å². The van der Waals surface area contributed by atoms with Gasteiger partial charge in [0.25, 0.3) is 0 Å². The second-order valence-electron chi connectivity index (χ2n) is 5.52. The number of ether oxygens (including phenoxy) is 1. The normalized spacial score (nSPS) is 10.5. The van der Waals surface area contributed by atoms with Crippen molar-refractivity contribution in [3.63, 3.8) is 0 Å². The van der Waals surface area contributed by atoms with Gasteiger partial charge in [-0.2, -0.15) is 5.26 Å². The molecule has 0 amide bonds. The maximum Gasteiger partial charge on any atom is 0.335 e. The van der Waals surface area contributed by atoms with E-state index in [1.807, 2.05) is 18.2 Å². The van der Waals surface area contributed by atoms with Gasteiger partial charge in [0.1, 0.15) is 0 Å². The van der Waals surface area contributed by atoms with Gasteiger partial charge in [0, 0.05) is 26.7 Å². The fourth-order valence-corrected chi connectivity index (χ4v) is 2.44. The zero-order chi connectivity index (χ0) is 17.4. The van der Waals surface area contributed by atoms with Crippen LogP contribution >= 0.6 is 0 Å². The summed E-state index contributed by atoms with van der Waals surface area (Å²) >= 11 is 0. The van der Waals surface area contributed by atoms with Gasteiger partial charge < -0.3 is 9.84 Å². The molecule has 0 fully saturated rings. The third kappa shape index (κ3) is 5.20. The lowest BCUT2D eigenvalue weighted by molar-refractivity contribution is 0.0696. The third-order valence-electron chi connectivity index (χ3n) is 3.68. The number of carbonyl (C=O) groups is 1. The van der Waals surface area contributed by atoms with E-state index in [1.54, 1.807) is 37.4 Å². The van der Waals surface area contributed by atoms with Gasteiger partial charge in [-0.3, -0.25) is 4.90 Å². The molecule has 0 radical (unpaired) electrons. The molecule has 0 saturated carbocycles. The zero-order valence-corrected chi connectivity index (χ0v) is 13.6. The van der Waals surface area contributed by atoms with Crippen molar-refractivity contribution in [2.45, 2.75) is 13.1 Å². The summed E-state index contributed by atoms with van der Waals surface area (Å²) in [5.41, 5.74) is 2.97. The summed E-state index contributed by atoms with van der Waals surface area (Å²) in [6.07, 6.45) is 0. The Hall–Kier alpha value is -2.68. The Balaban J connectivity index is 2.11. The minimum atomic E-state index is -0.924. The number of rotatable bonds is 8. The van der Waals surface area contributed by atoms with Crippen LogP contribution in [0.15, 0.2) is 48.5 Å². The van der Waals surface area contributed by atoms with Gasteiger partial charge in [-0.05, 0) is 35.4 Å². The summed E-state index contributed by atoms with van der Waals surface area (Å²) in [7, 11) is 1.66. The van der Waals surface area contributed by atoms with Crippen molar-refractivity contribution in [2.24, 2.45) is 0 Å². The molecule has 0 heterocycles. The second kappa shape index (κ2) is 8.82. The summed E-state index contributed by atoms with van der Waals surface area (Å²) < 4.78 is 5.17. The number of nitrogens with zero attached hydrogens (tertiary/aromatic N) is 2. The molecule has 5 heteroatoms. The first-order valence-corrected chi connectivity index (χ1v) is 7.65. The first-order valence-electron chi connectivity index (χ1n) is 7.65. The molecule has 124 valence electrons. The van der Waals surface area contributed by atoms with Crippen LogP contribution in [0.25, 0.3) is 0 Å². The van der Waals surface area contributed by atoms with Crippen molar-refractivity contribution < 1.29 is 14.6 Å². The van der Waals surface area contributed by atoms with Crippen LogP contribution in [0.5, 0.6) is 0 Å². The Morgan fingerprint density at radius 1 is 1.17 bits per heavy atom. The summed E-state index contributed by atoms with van der Waals surface area (Å²) in [6, 6.07) is 16.5. The molecule has 0 unspecified atom stereocenters. The number of hydrogen-bond acceptors (Lipinski definition) is 4. The van der Waals surface area contributed by atoms with E-state index in [4.69, 9.17) is 15.1 Å². The van der Waals surface area contributed by atoms with Crippen molar-refractivity contribution in [1.82, 2.24) is 4.90 Å². The van der Waals surface area contributed by atoms with Crippen molar-refractivity contribution >= 4 is 5.97 Å². The number of nitriles is 1. The number of hydrogen-bond donors (Lipinski definition) is 1. The fraction of sp³-hybridized carbons (Fsp3) is 0.263. The van der Waals surface area contributed by atoms with Crippen LogP contribution in [0.3, 0.4) is 0 Å². The Kier molecular flexibility index (Phi) is 6.50. The lowest BCUT2D eigenvalue weighted by atomic mass is 10.1. The van der Waals surface area contributed by atoms with Crippen LogP contribution in [0.2, 0.25) is 0 Å². The Bertz CT molecular complexity index is 720. The first kappa shape index (κ1) is 17.7. The summed E-state index contributed by atoms with van der Waals surface area (Å²) in [5, 5.41) is 18.0. The molecule has 5 nitrogen and oxygen atoms in total. The Labute approximate surface area is 141 Å². The van der Waals surface area contributed by atoms with Gasteiger partial charge in [0.05, 0.1) is 23.8 Å². The highest BCUT2D eigenvalue weighted by atomic mass is 16.5. The molecule has 0 aliphatic heterocycles. The first-order chi connectivity index (χ1) is 11.6. The molecule has 0 atom stereocenters. The molecule has 24 heavy (non-hydrogen) atoms. The largest absolute Gasteiger partial charge is 0.478 e. The molecule has 2 aromatic rings. The van der Waals surface area contributed by atoms with E-state index in [1.165, 1.54) is 0 Å². The monoisotopic (exact) mass is 324 g/mol. The molecule has 0 saturated heterocycles. The number of carboxylic acid groups (broad SMARTS) is 1. The van der Waals surface area contributed by atoms with Crippen LogP contribution < -0.4 is 0 Å². The Morgan fingerprint density at radius 2 is 1.88 bits per heavy atom. The van der Waals surface area contributed by atoms with Crippen LogP contribution in [-0.4, -0.2) is 36.2 Å². The molecule has 0 spiro atoms. The zero-order valence-electron chi connectivity index (χ0n) is 13.6. The van der Waals surface area contributed by atoms with Crippen molar-refractivity contribution in [2.75, 3.05) is 20.3 Å². The maximum atomic E-state index is 11.1. The molecule has 0 aliphatic rings. The van der Waals surface area contributed by atoms with Crippen molar-refractivity contribution in [3.8, 4) is 6.07 Å². The quantitative estimate of drug-likeness (QED) is 0.808. The van der Waals surface area contributed by atoms with E-state index in [0.717, 1.165) is 17.7 Å². The predicted octanol–water partition coefficient (Wildman–Crippen LogP) is 2.91. The smallest absolute Gasteiger partial charge is 0.335 e. The highest BCUT2D eigenvalue weighted by molar-refractivity contribution is 5.87. The Morgan fingerprint density at radius 3 is 2.50 bits per heavy atom. The molecule has 2 rings (SSSR count). The molecule has 2 aromatic carbocycles. The van der Waals surface area contributed by atoms with E-state index >= 15 is 0 Å². The minimum absolute atomic E-state index is 0.289. The van der Waals surface area contributed by atoms with E-state index in [2.05, 4.69) is 11.0 Å². The maximum absolute atomic E-state index is 11.1. The number of aromatic carboxylic acids is 1. The molecule has 0 aliphatic carbocycles. The van der Waals surface area contributed by atoms with Gasteiger partial charge in [-0.15, -0.1) is 0 Å². The van der Waals surface area contributed by atoms with Gasteiger partial charge in [-0.1, -0.05) is 24.3 Å². The highest BCUT2D eigenvalue weighted by Gasteiger charge is 2.09. The van der Waals surface area contributed by atoms with Crippen LogP contribution in [0.1, 0.15) is 27.0 Å². The number of methoxy groups -OCH3 is 1. The van der Waals surface area contributed by atoms with Gasteiger partial charge in [0.2, 0.25) is 0 Å². The molecule has 1 N–H and O–H groups in total. The average Bonchev–Trinajstić information content (AvgIpc) is 2.60. The van der Waals surface area contributed by atoms with Crippen molar-refractivity contribution in [1.29, 1.82) is 5.26 Å². The lowest BCUT2D eigenvalue weighted by Gasteiger charge is -2.22. The van der Waals surface area contributed by atoms with E-state index < -0.39 is 5.97 Å². The number of benzene rings is 2. The predicted molar refractivity (Wildman–Crippen MR) is 90.5 cm³/mol. The fourth-order valence-electron chi connectivity index (χ4n) is 2.44. The molecule has 0 aromatic heterocycles. The van der Waals surface area contributed by atoms with E-state index in [0.29, 0.717) is 25.3 Å². The average molecular weight is 324 g/mol. The lowest BCUT2D eigenvalue weighted by Crippen LogP contribution is -2.26. The summed E-state index contributed by atoms with van der Waals surface area (Å²) in [5.74, 6) is -0.924. The number of carboxylic acids is 1. The minimum Gasteiger partial charge on any atom is -0.478 e. The van der Waals surface area contributed by atoms with Gasteiger partial charge in [-0.25, -0.2) is 4.79 Å². The van der Waals surface area contributed by atoms with E-state index in [-0.39, 0.29) is 5.56 Å². The molecular formula is C19H20N2O3. The molecular weight excluding hydrogens is 304 g/mol. The van der Waals surface area contributed by atoms with Crippen LogP contribution in [-0.2, 0) is 17.8 Å². The highest BCUT2D eigenvalue weighted by Crippen LogP contribution is 2.13. The standard InChI is InChI=1S/C19H20N2O3/c1-24-10-9-21(13-16-7-5-15(12-20)6-8-16)14-17-3-2-4-18(11-17)19(22)23/h2-8,11H,9-10,13-14H2,1H3,(H,22,23). The van der Waals surface area contributed by atoms with E-state index in [9.17, 15) is 4.79 Å². The summed E-state index contributed by atoms with van der Waals surface area (Å²) in [6.45, 7) is 2.65. The van der Waals surface area contributed by atoms with Gasteiger partial charge in [0.15, 0.2) is 0 Å².